The first-order valence-electron chi connectivity index (χ1n) is 5.72. The van der Waals surface area contributed by atoms with Crippen LogP contribution in [0.25, 0.3) is 0 Å². The number of anilines is 1. The van der Waals surface area contributed by atoms with Crippen LogP contribution in [0.3, 0.4) is 0 Å². The zero-order chi connectivity index (χ0) is 15.6. The van der Waals surface area contributed by atoms with E-state index < -0.39 is 0 Å². The predicted octanol–water partition coefficient (Wildman–Crippen LogP) is 5.78. The summed E-state index contributed by atoms with van der Waals surface area (Å²) in [7, 11) is 1.50. The summed E-state index contributed by atoms with van der Waals surface area (Å²) in [5.74, 6) is 0.0897. The molecule has 0 fully saturated rings. The van der Waals surface area contributed by atoms with Crippen LogP contribution in [0.2, 0.25) is 10.0 Å². The van der Waals surface area contributed by atoms with Crippen LogP contribution in [0, 0.1) is 0 Å². The van der Waals surface area contributed by atoms with Crippen LogP contribution in [-0.4, -0.2) is 13.0 Å². The summed E-state index contributed by atoms with van der Waals surface area (Å²) in [5, 5.41) is 3.61. The van der Waals surface area contributed by atoms with Gasteiger partial charge in [0.05, 0.1) is 27.9 Å². The lowest BCUT2D eigenvalue weighted by Gasteiger charge is -2.12. The molecule has 3 nitrogen and oxygen atoms in total. The summed E-state index contributed by atoms with van der Waals surface area (Å²) in [5.41, 5.74) is 0.808. The van der Waals surface area contributed by atoms with E-state index in [2.05, 4.69) is 37.2 Å². The second-order valence-electron chi connectivity index (χ2n) is 4.05. The Balaban J connectivity index is 2.39. The minimum Gasteiger partial charge on any atom is -0.495 e. The fraction of sp³-hybridized carbons (Fsp3) is 0.0714. The Labute approximate surface area is 148 Å². The Kier molecular flexibility index (Phi) is 5.54. The number of ether oxygens (including phenoxy) is 1. The lowest BCUT2D eigenvalue weighted by atomic mass is 10.2. The van der Waals surface area contributed by atoms with Crippen molar-refractivity contribution >= 4 is 66.7 Å². The highest BCUT2D eigenvalue weighted by atomic mass is 79.9. The summed E-state index contributed by atoms with van der Waals surface area (Å²) in [4.78, 5) is 12.4. The molecule has 0 heterocycles. The molecule has 2 aromatic carbocycles. The van der Waals surface area contributed by atoms with Crippen LogP contribution in [-0.2, 0) is 0 Å². The molecule has 0 radical (unpaired) electrons. The number of halogens is 4. The molecule has 0 saturated heterocycles. The van der Waals surface area contributed by atoms with Gasteiger partial charge in [-0.3, -0.25) is 4.79 Å². The van der Waals surface area contributed by atoms with Crippen molar-refractivity contribution in [1.82, 2.24) is 0 Å². The number of carbonyl (C=O) groups excluding carboxylic acids is 1. The molecule has 0 unspecified atom stereocenters. The molecule has 0 aliphatic heterocycles. The first-order chi connectivity index (χ1) is 9.92. The molecular weight excluding hydrogens is 445 g/mol. The van der Waals surface area contributed by atoms with Crippen LogP contribution < -0.4 is 10.1 Å². The van der Waals surface area contributed by atoms with Gasteiger partial charge in [-0.25, -0.2) is 0 Å². The first kappa shape index (κ1) is 16.6. The number of benzene rings is 2. The van der Waals surface area contributed by atoms with Crippen LogP contribution in [0.5, 0.6) is 5.75 Å². The van der Waals surface area contributed by atoms with Crippen LogP contribution in [0.4, 0.5) is 5.69 Å². The predicted molar refractivity (Wildman–Crippen MR) is 92.8 cm³/mol. The van der Waals surface area contributed by atoms with Crippen molar-refractivity contribution in [2.24, 2.45) is 0 Å². The van der Waals surface area contributed by atoms with Gasteiger partial charge in [-0.15, -0.1) is 0 Å². The Morgan fingerprint density at radius 1 is 1.19 bits per heavy atom. The third-order valence-corrected chi connectivity index (χ3v) is 4.25. The quantitative estimate of drug-likeness (QED) is 0.639. The van der Waals surface area contributed by atoms with E-state index in [1.54, 1.807) is 30.3 Å². The molecular formula is C14H9Br2Cl2NO2. The summed E-state index contributed by atoms with van der Waals surface area (Å²) in [6.45, 7) is 0. The average Bonchev–Trinajstić information content (AvgIpc) is 2.42. The minimum absolute atomic E-state index is 0.349. The normalized spacial score (nSPS) is 10.3. The molecule has 110 valence electrons. The fourth-order valence-electron chi connectivity index (χ4n) is 1.72. The highest BCUT2D eigenvalue weighted by Gasteiger charge is 2.17. The number of amides is 1. The van der Waals surface area contributed by atoms with Gasteiger partial charge in [0.15, 0.2) is 0 Å². The standard InChI is InChI=1S/C14H9Br2Cl2NO2/c1-21-13-9(4-7(15)5-10(13)16)14(20)19-12-6-8(17)2-3-11(12)18/h2-6H,1H3,(H,19,20). The molecule has 0 spiro atoms. The maximum Gasteiger partial charge on any atom is 0.259 e. The molecule has 2 aromatic rings. The second-order valence-corrected chi connectivity index (χ2v) is 6.66. The molecule has 0 aromatic heterocycles. The molecule has 0 aliphatic carbocycles. The van der Waals surface area contributed by atoms with E-state index in [4.69, 9.17) is 27.9 Å². The Bertz CT molecular complexity index is 708. The smallest absolute Gasteiger partial charge is 0.259 e. The molecule has 21 heavy (non-hydrogen) atoms. The van der Waals surface area contributed by atoms with Crippen molar-refractivity contribution in [3.63, 3.8) is 0 Å². The fourth-order valence-corrected chi connectivity index (χ4v) is 3.44. The van der Waals surface area contributed by atoms with Gasteiger partial charge < -0.3 is 10.1 Å². The van der Waals surface area contributed by atoms with Crippen molar-refractivity contribution in [2.45, 2.75) is 0 Å². The third kappa shape index (κ3) is 3.92. The largest absolute Gasteiger partial charge is 0.495 e. The lowest BCUT2D eigenvalue weighted by molar-refractivity contribution is 0.102. The van der Waals surface area contributed by atoms with Crippen LogP contribution >= 0.6 is 55.1 Å². The number of nitrogens with one attached hydrogen (secondary N) is 1. The van der Waals surface area contributed by atoms with Gasteiger partial charge in [-0.2, -0.15) is 0 Å². The lowest BCUT2D eigenvalue weighted by Crippen LogP contribution is -2.14. The number of hydrogen-bond donors (Lipinski definition) is 1. The van der Waals surface area contributed by atoms with Gasteiger partial charge in [0.1, 0.15) is 5.75 Å². The van der Waals surface area contributed by atoms with E-state index in [-0.39, 0.29) is 5.91 Å². The van der Waals surface area contributed by atoms with E-state index in [1.807, 2.05) is 0 Å². The van der Waals surface area contributed by atoms with Crippen molar-refractivity contribution in [2.75, 3.05) is 12.4 Å². The van der Waals surface area contributed by atoms with Gasteiger partial charge in [-0.1, -0.05) is 39.1 Å². The number of methoxy groups -OCH3 is 1. The first-order valence-corrected chi connectivity index (χ1v) is 8.06. The Morgan fingerprint density at radius 3 is 2.57 bits per heavy atom. The van der Waals surface area contributed by atoms with Gasteiger partial charge in [0.25, 0.3) is 5.91 Å². The van der Waals surface area contributed by atoms with Crippen LogP contribution in [0.1, 0.15) is 10.4 Å². The van der Waals surface area contributed by atoms with Gasteiger partial charge in [0, 0.05) is 9.50 Å². The summed E-state index contributed by atoms with van der Waals surface area (Å²) in [6, 6.07) is 8.31. The van der Waals surface area contributed by atoms with E-state index in [0.29, 0.717) is 31.5 Å². The van der Waals surface area contributed by atoms with Crippen molar-refractivity contribution in [3.05, 3.63) is 54.9 Å². The highest BCUT2D eigenvalue weighted by Crippen LogP contribution is 2.34. The summed E-state index contributed by atoms with van der Waals surface area (Å²) < 4.78 is 6.67. The summed E-state index contributed by atoms with van der Waals surface area (Å²) >= 11 is 18.6. The molecule has 7 heteroatoms. The maximum atomic E-state index is 12.4. The average molecular weight is 454 g/mol. The molecule has 0 atom stereocenters. The van der Waals surface area contributed by atoms with E-state index >= 15 is 0 Å². The van der Waals surface area contributed by atoms with E-state index in [0.717, 1.165) is 4.47 Å². The number of rotatable bonds is 3. The molecule has 2 rings (SSSR count). The van der Waals surface area contributed by atoms with E-state index in [9.17, 15) is 4.79 Å². The minimum atomic E-state index is -0.349. The topological polar surface area (TPSA) is 38.3 Å². The molecule has 1 amide bonds. The van der Waals surface area contributed by atoms with Gasteiger partial charge in [0.2, 0.25) is 0 Å². The third-order valence-electron chi connectivity index (χ3n) is 2.63. The molecule has 0 aliphatic rings. The van der Waals surface area contributed by atoms with Crippen molar-refractivity contribution < 1.29 is 9.53 Å². The zero-order valence-electron chi connectivity index (χ0n) is 10.7. The van der Waals surface area contributed by atoms with Gasteiger partial charge in [-0.05, 0) is 46.3 Å². The number of carbonyl (C=O) groups is 1. The zero-order valence-corrected chi connectivity index (χ0v) is 15.4. The molecule has 0 saturated carbocycles. The maximum absolute atomic E-state index is 12.4. The number of hydrogen-bond acceptors (Lipinski definition) is 2. The highest BCUT2D eigenvalue weighted by molar-refractivity contribution is 9.11. The van der Waals surface area contributed by atoms with Crippen molar-refractivity contribution in [1.29, 1.82) is 0 Å². The molecule has 0 bridgehead atoms. The SMILES string of the molecule is COc1c(Br)cc(Br)cc1C(=O)Nc1cc(Cl)ccc1Cl. The Morgan fingerprint density at radius 2 is 1.90 bits per heavy atom. The van der Waals surface area contributed by atoms with E-state index in [1.165, 1.54) is 7.11 Å². The monoisotopic (exact) mass is 451 g/mol. The van der Waals surface area contributed by atoms with Crippen molar-refractivity contribution in [3.8, 4) is 5.75 Å². The molecule has 1 N–H and O–H groups in total. The second kappa shape index (κ2) is 7.01. The Hall–Kier alpha value is -0.750. The summed E-state index contributed by atoms with van der Waals surface area (Å²) in [6.07, 6.45) is 0. The van der Waals surface area contributed by atoms with Gasteiger partial charge >= 0.3 is 0 Å². The van der Waals surface area contributed by atoms with Crippen LogP contribution in [0.15, 0.2) is 39.3 Å².